The number of nitrogens with one attached hydrogen (secondary N) is 1. The largest absolute Gasteiger partial charge is 0.480 e. The van der Waals surface area contributed by atoms with Crippen LogP contribution in [0.5, 0.6) is 0 Å². The summed E-state index contributed by atoms with van der Waals surface area (Å²) in [7, 11) is 0. The molecular weight excluding hydrogens is 422 g/mol. The molecule has 0 saturated heterocycles. The monoisotopic (exact) mass is 465 g/mol. The van der Waals surface area contributed by atoms with E-state index in [1.54, 1.807) is 0 Å². The van der Waals surface area contributed by atoms with E-state index in [2.05, 4.69) is 26.1 Å². The average molecular weight is 466 g/mol. The zero-order chi connectivity index (χ0) is 24.1. The zero-order valence-electron chi connectivity index (χ0n) is 20.4. The maximum atomic E-state index is 12.0. The number of hydrogen-bond donors (Lipinski definition) is 5. The molecule has 4 rings (SSSR count). The average Bonchev–Trinajstić information content (AvgIpc) is 3.11. The Hall–Kier alpha value is -1.18. The van der Waals surface area contributed by atoms with Crippen LogP contribution in [0.1, 0.15) is 78.6 Å². The van der Waals surface area contributed by atoms with Gasteiger partial charge in [-0.25, -0.2) is 0 Å². The summed E-state index contributed by atoms with van der Waals surface area (Å²) < 4.78 is 0. The van der Waals surface area contributed by atoms with Gasteiger partial charge in [0.25, 0.3) is 0 Å². The van der Waals surface area contributed by atoms with Crippen molar-refractivity contribution in [2.45, 2.75) is 96.9 Å². The van der Waals surface area contributed by atoms with Gasteiger partial charge in [-0.05, 0) is 97.7 Å². The summed E-state index contributed by atoms with van der Waals surface area (Å²) in [5.74, 6) is 0.265. The molecule has 0 aromatic rings. The summed E-state index contributed by atoms with van der Waals surface area (Å²) >= 11 is 0. The Balaban J connectivity index is 1.49. The highest BCUT2D eigenvalue weighted by molar-refractivity contribution is 5.81. The molecule has 33 heavy (non-hydrogen) atoms. The van der Waals surface area contributed by atoms with Crippen LogP contribution in [0.2, 0.25) is 0 Å². The summed E-state index contributed by atoms with van der Waals surface area (Å²) in [5, 5.41) is 44.4. The molecule has 4 fully saturated rings. The minimum absolute atomic E-state index is 0.0668. The van der Waals surface area contributed by atoms with Crippen LogP contribution in [0.15, 0.2) is 0 Å². The van der Waals surface area contributed by atoms with E-state index in [-0.39, 0.29) is 65.1 Å². The van der Waals surface area contributed by atoms with Gasteiger partial charge in [0.1, 0.15) is 6.54 Å². The highest BCUT2D eigenvalue weighted by Crippen LogP contribution is 2.68. The first-order valence-electron chi connectivity index (χ1n) is 13.0. The number of amides is 1. The van der Waals surface area contributed by atoms with E-state index in [0.29, 0.717) is 25.2 Å². The first-order valence-corrected chi connectivity index (χ1v) is 13.0. The second-order valence-corrected chi connectivity index (χ2v) is 12.2. The van der Waals surface area contributed by atoms with E-state index >= 15 is 0 Å². The number of fused-ring (bicyclic) bond motifs is 5. The van der Waals surface area contributed by atoms with Gasteiger partial charge in [0, 0.05) is 6.42 Å². The number of rotatable bonds is 6. The van der Waals surface area contributed by atoms with Crippen LogP contribution in [-0.2, 0) is 9.59 Å². The molecule has 7 nitrogen and oxygen atoms in total. The number of carbonyl (C=O) groups is 2. The molecule has 5 N–H and O–H groups in total. The molecular formula is C26H43NO6. The lowest BCUT2D eigenvalue weighted by Crippen LogP contribution is -2.62. The van der Waals surface area contributed by atoms with Crippen molar-refractivity contribution in [3.8, 4) is 0 Å². The third-order valence-electron chi connectivity index (χ3n) is 10.8. The van der Waals surface area contributed by atoms with Gasteiger partial charge in [0.15, 0.2) is 0 Å². The molecule has 7 heteroatoms. The molecule has 0 aromatic heterocycles. The lowest BCUT2D eigenvalue weighted by atomic mass is 9.43. The van der Waals surface area contributed by atoms with Gasteiger partial charge in [-0.3, -0.25) is 9.59 Å². The Morgan fingerprint density at radius 2 is 1.76 bits per heavy atom. The topological polar surface area (TPSA) is 127 Å². The number of carboxylic acids is 1. The Morgan fingerprint density at radius 1 is 1.03 bits per heavy atom. The summed E-state index contributed by atoms with van der Waals surface area (Å²) in [5.41, 5.74) is -0.214. The third-order valence-corrected chi connectivity index (χ3v) is 10.8. The van der Waals surface area contributed by atoms with Crippen molar-refractivity contribution in [1.29, 1.82) is 0 Å². The third kappa shape index (κ3) is 4.23. The van der Waals surface area contributed by atoms with Crippen LogP contribution in [0.4, 0.5) is 0 Å². The number of hydrogen-bond acceptors (Lipinski definition) is 5. The van der Waals surface area contributed by atoms with Gasteiger partial charge >= 0.3 is 5.97 Å². The molecule has 0 heterocycles. The number of aliphatic hydroxyl groups is 3. The molecule has 11 atom stereocenters. The second-order valence-electron chi connectivity index (χ2n) is 12.2. The minimum atomic E-state index is -1.04. The summed E-state index contributed by atoms with van der Waals surface area (Å²) in [6, 6.07) is 0. The summed E-state index contributed by atoms with van der Waals surface area (Å²) in [6.45, 7) is 6.35. The van der Waals surface area contributed by atoms with Crippen LogP contribution in [0.25, 0.3) is 0 Å². The maximum Gasteiger partial charge on any atom is 0.322 e. The predicted octanol–water partition coefficient (Wildman–Crippen LogP) is 2.56. The fourth-order valence-corrected chi connectivity index (χ4v) is 8.95. The van der Waals surface area contributed by atoms with E-state index in [4.69, 9.17) is 5.11 Å². The fourth-order valence-electron chi connectivity index (χ4n) is 8.95. The van der Waals surface area contributed by atoms with Crippen molar-refractivity contribution in [1.82, 2.24) is 5.32 Å². The molecule has 0 aliphatic heterocycles. The maximum absolute atomic E-state index is 12.0. The van der Waals surface area contributed by atoms with Gasteiger partial charge in [0.05, 0.1) is 18.3 Å². The Bertz CT molecular complexity index is 759. The standard InChI is InChI=1S/C26H43NO6/c1-14(4-7-22(31)27-13-23(32)33)17-5-6-18-24-19(12-21(30)26(17,18)3)25(2)9-8-16(28)10-15(25)11-20(24)29/h14-21,24,28-30H,4-13H2,1-3H3,(H,27,31)(H,32,33)/t14?,15-,16+,17+,18?,19?,20+,21-,24?,25-,26+/m0/s1. The van der Waals surface area contributed by atoms with Gasteiger partial charge < -0.3 is 25.7 Å². The van der Waals surface area contributed by atoms with Gasteiger partial charge in [-0.15, -0.1) is 0 Å². The lowest BCUT2D eigenvalue weighted by molar-refractivity contribution is -0.207. The lowest BCUT2D eigenvalue weighted by Gasteiger charge is -2.63. The molecule has 0 spiro atoms. The normalized spacial score (nSPS) is 47.7. The first kappa shape index (κ1) is 24.9. The van der Waals surface area contributed by atoms with E-state index in [9.17, 15) is 24.9 Å². The highest BCUT2D eigenvalue weighted by Gasteiger charge is 2.65. The molecule has 188 valence electrons. The van der Waals surface area contributed by atoms with Crippen molar-refractivity contribution in [2.75, 3.05) is 6.54 Å². The van der Waals surface area contributed by atoms with Crippen molar-refractivity contribution < 1.29 is 30.0 Å². The zero-order valence-corrected chi connectivity index (χ0v) is 20.4. The van der Waals surface area contributed by atoms with Crippen LogP contribution >= 0.6 is 0 Å². The smallest absolute Gasteiger partial charge is 0.322 e. The van der Waals surface area contributed by atoms with E-state index in [0.717, 1.165) is 38.5 Å². The molecule has 4 aliphatic carbocycles. The van der Waals surface area contributed by atoms with Gasteiger partial charge in [-0.2, -0.15) is 0 Å². The number of aliphatic carboxylic acids is 1. The molecule has 1 amide bonds. The number of aliphatic hydroxyl groups excluding tert-OH is 3. The molecule has 4 saturated carbocycles. The summed E-state index contributed by atoms with van der Waals surface area (Å²) in [4.78, 5) is 22.7. The highest BCUT2D eigenvalue weighted by atomic mass is 16.4. The van der Waals surface area contributed by atoms with Gasteiger partial charge in [0.2, 0.25) is 5.91 Å². The number of carboxylic acid groups (broad SMARTS) is 1. The van der Waals surface area contributed by atoms with Crippen molar-refractivity contribution >= 4 is 11.9 Å². The van der Waals surface area contributed by atoms with Gasteiger partial charge in [-0.1, -0.05) is 20.8 Å². The number of carbonyl (C=O) groups excluding carboxylic acids is 1. The van der Waals surface area contributed by atoms with Crippen LogP contribution < -0.4 is 5.32 Å². The Labute approximate surface area is 197 Å². The molecule has 4 unspecified atom stereocenters. The molecule has 0 radical (unpaired) electrons. The van der Waals surface area contributed by atoms with Crippen molar-refractivity contribution in [3.63, 3.8) is 0 Å². The molecule has 0 bridgehead atoms. The van der Waals surface area contributed by atoms with Crippen LogP contribution in [0, 0.1) is 46.3 Å². The fraction of sp³-hybridized carbons (Fsp3) is 0.923. The first-order chi connectivity index (χ1) is 15.5. The van der Waals surface area contributed by atoms with Crippen molar-refractivity contribution in [2.24, 2.45) is 46.3 Å². The molecule has 4 aliphatic rings. The predicted molar refractivity (Wildman–Crippen MR) is 123 cm³/mol. The molecule has 0 aromatic carbocycles. The quantitative estimate of drug-likeness (QED) is 0.410. The van der Waals surface area contributed by atoms with E-state index in [1.165, 1.54) is 0 Å². The Morgan fingerprint density at radius 3 is 2.45 bits per heavy atom. The minimum Gasteiger partial charge on any atom is -0.480 e. The van der Waals surface area contributed by atoms with Crippen molar-refractivity contribution in [3.05, 3.63) is 0 Å². The summed E-state index contributed by atoms with van der Waals surface area (Å²) in [6.07, 6.45) is 5.86. The Kier molecular flexibility index (Phi) is 6.89. The van der Waals surface area contributed by atoms with E-state index in [1.807, 2.05) is 0 Å². The van der Waals surface area contributed by atoms with E-state index < -0.39 is 12.1 Å². The second kappa shape index (κ2) is 9.12. The van der Waals surface area contributed by atoms with Crippen LogP contribution in [0.3, 0.4) is 0 Å². The SMILES string of the molecule is CC(CCC(=O)NCC(=O)O)[C@H]1CCC2C3C(C[C@H](O)[C@@]21C)[C@@]1(C)CC[C@@H](O)C[C@H]1C[C@H]3O. The van der Waals surface area contributed by atoms with Crippen LogP contribution in [-0.4, -0.2) is 57.2 Å².